The predicted octanol–water partition coefficient (Wildman–Crippen LogP) is 4.60. The summed E-state index contributed by atoms with van der Waals surface area (Å²) in [7, 11) is 0. The van der Waals surface area contributed by atoms with Crippen LogP contribution in [-0.2, 0) is 0 Å². The third-order valence-corrected chi connectivity index (χ3v) is 4.14. The summed E-state index contributed by atoms with van der Waals surface area (Å²) < 4.78 is 1.34. The fourth-order valence-electron chi connectivity index (χ4n) is 2.46. The van der Waals surface area contributed by atoms with Crippen molar-refractivity contribution in [1.29, 1.82) is 0 Å². The van der Waals surface area contributed by atoms with Gasteiger partial charge in [-0.05, 0) is 22.9 Å². The van der Waals surface area contributed by atoms with Crippen LogP contribution in [0.15, 0.2) is 54.0 Å². The Kier molecular flexibility index (Phi) is 1.76. The van der Waals surface area contributed by atoms with E-state index in [1.54, 1.807) is 11.3 Å². The molecule has 0 aliphatic carbocycles. The average molecular weight is 235 g/mol. The van der Waals surface area contributed by atoms with Crippen molar-refractivity contribution in [2.45, 2.75) is 0 Å². The molecule has 80 valence electrons. The van der Waals surface area contributed by atoms with Crippen molar-refractivity contribution < 1.29 is 0 Å². The smallest absolute Gasteiger partial charge is 0.0795 e. The first-order valence-corrected chi connectivity index (χ1v) is 6.46. The molecule has 2 aromatic heterocycles. The Morgan fingerprint density at radius 3 is 2.53 bits per heavy atom. The summed E-state index contributed by atoms with van der Waals surface area (Å²) in [4.78, 5) is 4.54. The first kappa shape index (κ1) is 9.14. The second-order valence-corrected chi connectivity index (χ2v) is 5.02. The molecule has 0 aliphatic rings. The first-order valence-electron chi connectivity index (χ1n) is 5.58. The van der Waals surface area contributed by atoms with Gasteiger partial charge in [0.1, 0.15) is 0 Å². The summed E-state index contributed by atoms with van der Waals surface area (Å²) in [5.74, 6) is 0. The molecule has 17 heavy (non-hydrogen) atoms. The predicted molar refractivity (Wildman–Crippen MR) is 74.6 cm³/mol. The van der Waals surface area contributed by atoms with Gasteiger partial charge in [0.25, 0.3) is 0 Å². The molecule has 0 saturated heterocycles. The molecule has 0 atom stereocenters. The maximum atomic E-state index is 4.54. The highest BCUT2D eigenvalue weighted by atomic mass is 32.1. The Morgan fingerprint density at radius 2 is 1.59 bits per heavy atom. The van der Waals surface area contributed by atoms with Crippen LogP contribution < -0.4 is 0 Å². The number of pyridine rings is 1. The first-order chi connectivity index (χ1) is 8.45. The van der Waals surface area contributed by atoms with Gasteiger partial charge in [0.2, 0.25) is 0 Å². The van der Waals surface area contributed by atoms with Gasteiger partial charge >= 0.3 is 0 Å². The van der Waals surface area contributed by atoms with Crippen LogP contribution in [0.1, 0.15) is 0 Å². The number of thiophene rings is 1. The van der Waals surface area contributed by atoms with E-state index in [0.29, 0.717) is 0 Å². The van der Waals surface area contributed by atoms with Crippen LogP contribution in [0.5, 0.6) is 0 Å². The lowest BCUT2D eigenvalue weighted by atomic mass is 10.0. The van der Waals surface area contributed by atoms with E-state index in [1.165, 1.54) is 26.2 Å². The van der Waals surface area contributed by atoms with Crippen LogP contribution in [0.25, 0.3) is 31.8 Å². The van der Waals surface area contributed by atoms with Gasteiger partial charge in [0.05, 0.1) is 5.52 Å². The van der Waals surface area contributed by atoms with Crippen molar-refractivity contribution in [2.75, 3.05) is 0 Å². The maximum Gasteiger partial charge on any atom is 0.0795 e. The molecule has 0 aliphatic heterocycles. The normalized spacial score (nSPS) is 11.5. The molecular weight excluding hydrogens is 226 g/mol. The number of hydrogen-bond acceptors (Lipinski definition) is 2. The molecule has 4 rings (SSSR count). The molecule has 0 amide bonds. The number of hydrogen-bond donors (Lipinski definition) is 0. The number of nitrogens with zero attached hydrogens (tertiary/aromatic N) is 1. The Morgan fingerprint density at radius 1 is 0.765 bits per heavy atom. The lowest BCUT2D eigenvalue weighted by Gasteiger charge is -2.05. The summed E-state index contributed by atoms with van der Waals surface area (Å²) in [6.45, 7) is 0. The number of fused-ring (bicyclic) bond motifs is 6. The molecule has 4 aromatic rings. The van der Waals surface area contributed by atoms with Gasteiger partial charge in [-0.15, -0.1) is 11.3 Å². The van der Waals surface area contributed by atoms with Crippen LogP contribution in [-0.4, -0.2) is 4.98 Å². The van der Waals surface area contributed by atoms with Crippen molar-refractivity contribution in [3.05, 3.63) is 54.0 Å². The van der Waals surface area contributed by atoms with E-state index in [0.717, 1.165) is 5.52 Å². The van der Waals surface area contributed by atoms with Crippen LogP contribution in [0.3, 0.4) is 0 Å². The van der Waals surface area contributed by atoms with E-state index in [9.17, 15) is 0 Å². The van der Waals surface area contributed by atoms with Crippen LogP contribution >= 0.6 is 11.3 Å². The summed E-state index contributed by atoms with van der Waals surface area (Å²) in [6, 6.07) is 14.9. The van der Waals surface area contributed by atoms with Crippen LogP contribution in [0.4, 0.5) is 0 Å². The van der Waals surface area contributed by atoms with Crippen molar-refractivity contribution in [3.8, 4) is 0 Å². The zero-order valence-electron chi connectivity index (χ0n) is 9.05. The largest absolute Gasteiger partial charge is 0.256 e. The van der Waals surface area contributed by atoms with Gasteiger partial charge in [0, 0.05) is 27.1 Å². The lowest BCUT2D eigenvalue weighted by molar-refractivity contribution is 1.43. The van der Waals surface area contributed by atoms with E-state index in [4.69, 9.17) is 0 Å². The summed E-state index contributed by atoms with van der Waals surface area (Å²) in [6.07, 6.45) is 1.87. The Labute approximate surface area is 102 Å². The average Bonchev–Trinajstić information content (AvgIpc) is 2.89. The molecule has 2 aromatic carbocycles. The summed E-state index contributed by atoms with van der Waals surface area (Å²) in [5, 5.41) is 7.28. The van der Waals surface area contributed by atoms with Crippen LogP contribution in [0, 0.1) is 0 Å². The fourth-order valence-corrected chi connectivity index (χ4v) is 3.39. The highest BCUT2D eigenvalue weighted by molar-refractivity contribution is 7.18. The van der Waals surface area contributed by atoms with E-state index < -0.39 is 0 Å². The van der Waals surface area contributed by atoms with E-state index in [2.05, 4.69) is 46.8 Å². The highest BCUT2D eigenvalue weighted by Gasteiger charge is 2.08. The molecule has 2 heterocycles. The number of rotatable bonds is 0. The Bertz CT molecular complexity index is 775. The van der Waals surface area contributed by atoms with Crippen molar-refractivity contribution in [1.82, 2.24) is 4.98 Å². The quantitative estimate of drug-likeness (QED) is 0.406. The maximum absolute atomic E-state index is 4.54. The van der Waals surface area contributed by atoms with Crippen molar-refractivity contribution in [3.63, 3.8) is 0 Å². The molecule has 0 saturated carbocycles. The second-order valence-electron chi connectivity index (χ2n) is 4.11. The molecule has 0 N–H and O–H groups in total. The fraction of sp³-hybridized carbons (Fsp3) is 0. The molecule has 0 spiro atoms. The monoisotopic (exact) mass is 235 g/mol. The van der Waals surface area contributed by atoms with Gasteiger partial charge < -0.3 is 0 Å². The minimum atomic E-state index is 1.11. The molecule has 0 fully saturated rings. The van der Waals surface area contributed by atoms with Crippen LogP contribution in [0.2, 0.25) is 0 Å². The van der Waals surface area contributed by atoms with Crippen molar-refractivity contribution in [2.24, 2.45) is 0 Å². The molecule has 0 bridgehead atoms. The van der Waals surface area contributed by atoms with Crippen molar-refractivity contribution >= 4 is 43.1 Å². The summed E-state index contributed by atoms with van der Waals surface area (Å²) >= 11 is 1.79. The molecular formula is C15H9NS. The molecule has 1 nitrogen and oxygen atoms in total. The van der Waals surface area contributed by atoms with E-state index in [1.807, 2.05) is 12.3 Å². The van der Waals surface area contributed by atoms with E-state index in [-0.39, 0.29) is 0 Å². The molecule has 0 unspecified atom stereocenters. The number of benzene rings is 2. The van der Waals surface area contributed by atoms with Gasteiger partial charge in [0.15, 0.2) is 0 Å². The third kappa shape index (κ3) is 1.16. The Balaban J connectivity index is 2.48. The van der Waals surface area contributed by atoms with Gasteiger partial charge in [-0.2, -0.15) is 0 Å². The summed E-state index contributed by atoms with van der Waals surface area (Å²) in [5.41, 5.74) is 1.11. The topological polar surface area (TPSA) is 12.9 Å². The minimum absolute atomic E-state index is 1.11. The third-order valence-electron chi connectivity index (χ3n) is 3.19. The minimum Gasteiger partial charge on any atom is -0.256 e. The van der Waals surface area contributed by atoms with Gasteiger partial charge in [-0.3, -0.25) is 4.98 Å². The molecule has 0 radical (unpaired) electrons. The standard InChI is InChI=1S/C15H9NS/c1-2-5-12-10(4-1)11-6-3-8-16-14(11)13-7-9-17-15(12)13/h1-9H. The zero-order valence-corrected chi connectivity index (χ0v) is 9.87. The van der Waals surface area contributed by atoms with Gasteiger partial charge in [-0.25, -0.2) is 0 Å². The van der Waals surface area contributed by atoms with Gasteiger partial charge in [-0.1, -0.05) is 30.3 Å². The number of aromatic nitrogens is 1. The highest BCUT2D eigenvalue weighted by Crippen LogP contribution is 2.36. The lowest BCUT2D eigenvalue weighted by Crippen LogP contribution is -1.81. The second kappa shape index (κ2) is 3.28. The SMILES string of the molecule is c1ccc2c(c1)c1cccnc1c1ccsc21. The molecule has 2 heteroatoms. The zero-order chi connectivity index (χ0) is 11.2. The Hall–Kier alpha value is -1.93. The van der Waals surface area contributed by atoms with E-state index >= 15 is 0 Å².